The Hall–Kier alpha value is -0.860. The van der Waals surface area contributed by atoms with Crippen molar-refractivity contribution in [3.63, 3.8) is 0 Å². The molecule has 1 N–H and O–H groups in total. The lowest BCUT2D eigenvalue weighted by atomic mass is 10.0. The lowest BCUT2D eigenvalue weighted by Crippen LogP contribution is -2.34. The first-order valence-electron chi connectivity index (χ1n) is 5.10. The first-order chi connectivity index (χ1) is 6.66. The Morgan fingerprint density at radius 2 is 1.86 bits per heavy atom. The van der Waals surface area contributed by atoms with Crippen LogP contribution in [0.3, 0.4) is 0 Å². The Balaban J connectivity index is 2.70. The van der Waals surface area contributed by atoms with Crippen molar-refractivity contribution in [2.24, 2.45) is 0 Å². The molecule has 0 aliphatic carbocycles. The van der Waals surface area contributed by atoms with Gasteiger partial charge in [-0.05, 0) is 26.1 Å². The topological polar surface area (TPSA) is 23.5 Å². The molecule has 0 aliphatic rings. The third-order valence-electron chi connectivity index (χ3n) is 2.79. The third kappa shape index (κ3) is 2.56. The summed E-state index contributed by atoms with van der Waals surface area (Å²) in [5.74, 6) is 0. The minimum atomic E-state index is -0.402. The molecule has 2 atom stereocenters. The van der Waals surface area contributed by atoms with E-state index >= 15 is 0 Å². The van der Waals surface area contributed by atoms with E-state index in [-0.39, 0.29) is 6.04 Å². The van der Waals surface area contributed by atoms with Gasteiger partial charge in [-0.15, -0.1) is 0 Å². The predicted octanol–water partition coefficient (Wildman–Crippen LogP) is 2.06. The van der Waals surface area contributed by atoms with Crippen LogP contribution >= 0.6 is 0 Å². The zero-order valence-corrected chi connectivity index (χ0v) is 9.14. The number of rotatable bonds is 4. The van der Waals surface area contributed by atoms with Crippen molar-refractivity contribution in [1.29, 1.82) is 0 Å². The van der Waals surface area contributed by atoms with Crippen molar-refractivity contribution in [3.8, 4) is 0 Å². The molecule has 1 aromatic rings. The second-order valence-electron chi connectivity index (χ2n) is 3.67. The molecule has 2 heteroatoms. The lowest BCUT2D eigenvalue weighted by molar-refractivity contribution is 0.0755. The molecule has 1 rings (SSSR count). The van der Waals surface area contributed by atoms with Crippen molar-refractivity contribution in [2.75, 3.05) is 13.6 Å². The van der Waals surface area contributed by atoms with E-state index in [1.54, 1.807) is 0 Å². The smallest absolute Gasteiger partial charge is 0.0942 e. The van der Waals surface area contributed by atoms with Crippen LogP contribution in [0.15, 0.2) is 30.3 Å². The summed E-state index contributed by atoms with van der Waals surface area (Å²) in [6, 6.07) is 9.95. The van der Waals surface area contributed by atoms with E-state index in [1.165, 1.54) is 0 Å². The van der Waals surface area contributed by atoms with Crippen molar-refractivity contribution in [1.82, 2.24) is 4.90 Å². The van der Waals surface area contributed by atoms with Crippen molar-refractivity contribution in [2.45, 2.75) is 26.0 Å². The molecule has 0 radical (unpaired) electrons. The SMILES string of the molecule is CCN(C)[C@@H](C)[C@H](O)c1ccccc1. The molecule has 78 valence electrons. The number of aliphatic hydroxyl groups is 1. The van der Waals surface area contributed by atoms with Gasteiger partial charge in [0, 0.05) is 6.04 Å². The van der Waals surface area contributed by atoms with Crippen LogP contribution in [-0.4, -0.2) is 29.6 Å². The summed E-state index contributed by atoms with van der Waals surface area (Å²) < 4.78 is 0. The Morgan fingerprint density at radius 1 is 1.29 bits per heavy atom. The molecule has 14 heavy (non-hydrogen) atoms. The summed E-state index contributed by atoms with van der Waals surface area (Å²) in [7, 11) is 2.02. The van der Waals surface area contributed by atoms with Crippen LogP contribution in [0.25, 0.3) is 0 Å². The summed E-state index contributed by atoms with van der Waals surface area (Å²) in [6.07, 6.45) is -0.402. The molecule has 0 aromatic heterocycles. The molecule has 0 fully saturated rings. The van der Waals surface area contributed by atoms with Crippen LogP contribution in [0.4, 0.5) is 0 Å². The molecule has 2 nitrogen and oxygen atoms in total. The Labute approximate surface area is 86.2 Å². The van der Waals surface area contributed by atoms with Crippen LogP contribution in [0.5, 0.6) is 0 Å². The second-order valence-corrected chi connectivity index (χ2v) is 3.67. The fourth-order valence-electron chi connectivity index (χ4n) is 1.46. The molecule has 1 aromatic carbocycles. The minimum Gasteiger partial charge on any atom is -0.387 e. The van der Waals surface area contributed by atoms with E-state index < -0.39 is 6.10 Å². The Morgan fingerprint density at radius 3 is 2.36 bits per heavy atom. The van der Waals surface area contributed by atoms with Crippen LogP contribution in [0, 0.1) is 0 Å². The maximum absolute atomic E-state index is 10.0. The van der Waals surface area contributed by atoms with E-state index in [1.807, 2.05) is 44.3 Å². The summed E-state index contributed by atoms with van der Waals surface area (Å²) in [5, 5.41) is 10.0. The van der Waals surface area contributed by atoms with Gasteiger partial charge in [0.25, 0.3) is 0 Å². The normalized spacial score (nSPS) is 15.5. The molecule has 0 heterocycles. The van der Waals surface area contributed by atoms with Gasteiger partial charge >= 0.3 is 0 Å². The van der Waals surface area contributed by atoms with Gasteiger partial charge in [0.15, 0.2) is 0 Å². The zero-order chi connectivity index (χ0) is 10.6. The molecule has 0 amide bonds. The van der Waals surface area contributed by atoms with Crippen molar-refractivity contribution >= 4 is 0 Å². The molecule has 0 spiro atoms. The van der Waals surface area contributed by atoms with Gasteiger partial charge < -0.3 is 10.0 Å². The van der Waals surface area contributed by atoms with Crippen LogP contribution in [0.2, 0.25) is 0 Å². The van der Waals surface area contributed by atoms with Crippen molar-refractivity contribution < 1.29 is 5.11 Å². The van der Waals surface area contributed by atoms with E-state index in [9.17, 15) is 5.11 Å². The third-order valence-corrected chi connectivity index (χ3v) is 2.79. The quantitative estimate of drug-likeness (QED) is 0.791. The highest BCUT2D eigenvalue weighted by atomic mass is 16.3. The number of nitrogens with zero attached hydrogens (tertiary/aromatic N) is 1. The van der Waals surface area contributed by atoms with E-state index in [0.29, 0.717) is 0 Å². The predicted molar refractivity (Wildman–Crippen MR) is 59.2 cm³/mol. The molecule has 0 saturated heterocycles. The fraction of sp³-hybridized carbons (Fsp3) is 0.500. The van der Waals surface area contributed by atoms with Gasteiger partial charge in [0.2, 0.25) is 0 Å². The maximum Gasteiger partial charge on any atom is 0.0942 e. The molecular formula is C12H19NO. The van der Waals surface area contributed by atoms with E-state index in [0.717, 1.165) is 12.1 Å². The van der Waals surface area contributed by atoms with Gasteiger partial charge in [0.1, 0.15) is 0 Å². The molecule has 0 saturated carbocycles. The maximum atomic E-state index is 10.0. The van der Waals surface area contributed by atoms with Crippen LogP contribution < -0.4 is 0 Å². The van der Waals surface area contributed by atoms with Gasteiger partial charge in [-0.25, -0.2) is 0 Å². The number of benzene rings is 1. The second kappa shape index (κ2) is 5.13. The highest BCUT2D eigenvalue weighted by molar-refractivity contribution is 5.18. The standard InChI is InChI=1S/C12H19NO/c1-4-13(3)10(2)12(14)11-8-6-5-7-9-11/h5-10,12,14H,4H2,1-3H3/t10-,12-/m0/s1. The Bertz CT molecular complexity index is 260. The minimum absolute atomic E-state index is 0.155. The van der Waals surface area contributed by atoms with Gasteiger partial charge in [-0.1, -0.05) is 37.3 Å². The summed E-state index contributed by atoms with van der Waals surface area (Å²) in [6.45, 7) is 5.08. The first kappa shape index (κ1) is 11.2. The summed E-state index contributed by atoms with van der Waals surface area (Å²) in [5.41, 5.74) is 0.986. The van der Waals surface area contributed by atoms with Gasteiger partial charge in [-0.3, -0.25) is 0 Å². The average Bonchev–Trinajstić information content (AvgIpc) is 2.27. The number of aliphatic hydroxyl groups excluding tert-OH is 1. The van der Waals surface area contributed by atoms with Gasteiger partial charge in [0.05, 0.1) is 6.10 Å². The highest BCUT2D eigenvalue weighted by Gasteiger charge is 2.18. The number of likely N-dealkylation sites (N-methyl/N-ethyl adjacent to an activating group) is 1. The zero-order valence-electron chi connectivity index (χ0n) is 9.14. The monoisotopic (exact) mass is 193 g/mol. The van der Waals surface area contributed by atoms with Crippen LogP contribution in [0.1, 0.15) is 25.5 Å². The largest absolute Gasteiger partial charge is 0.387 e. The van der Waals surface area contributed by atoms with Crippen LogP contribution in [-0.2, 0) is 0 Å². The number of hydrogen-bond donors (Lipinski definition) is 1. The molecule has 0 unspecified atom stereocenters. The molecule has 0 aliphatic heterocycles. The fourth-order valence-corrected chi connectivity index (χ4v) is 1.46. The van der Waals surface area contributed by atoms with Gasteiger partial charge in [-0.2, -0.15) is 0 Å². The summed E-state index contributed by atoms with van der Waals surface area (Å²) >= 11 is 0. The Kier molecular flexibility index (Phi) is 4.11. The molecular weight excluding hydrogens is 174 g/mol. The number of hydrogen-bond acceptors (Lipinski definition) is 2. The van der Waals surface area contributed by atoms with E-state index in [4.69, 9.17) is 0 Å². The highest BCUT2D eigenvalue weighted by Crippen LogP contribution is 2.19. The summed E-state index contributed by atoms with van der Waals surface area (Å²) in [4.78, 5) is 2.14. The van der Waals surface area contributed by atoms with Crippen molar-refractivity contribution in [3.05, 3.63) is 35.9 Å². The lowest BCUT2D eigenvalue weighted by Gasteiger charge is -2.27. The first-order valence-corrected chi connectivity index (χ1v) is 5.10. The molecule has 0 bridgehead atoms. The average molecular weight is 193 g/mol. The van der Waals surface area contributed by atoms with E-state index in [2.05, 4.69) is 11.8 Å².